The fourth-order valence-corrected chi connectivity index (χ4v) is 3.66. The second-order valence-electron chi connectivity index (χ2n) is 6.18. The minimum absolute atomic E-state index is 0.397. The topological polar surface area (TPSA) is 65.9 Å². The lowest BCUT2D eigenvalue weighted by atomic mass is 9.95. The molecule has 126 valence electrons. The van der Waals surface area contributed by atoms with Crippen molar-refractivity contribution in [2.24, 2.45) is 0 Å². The number of pyridine rings is 1. The van der Waals surface area contributed by atoms with Gasteiger partial charge in [-0.15, -0.1) is 0 Å². The lowest BCUT2D eigenvalue weighted by molar-refractivity contribution is 0.0694. The molecular formula is C17H25N3O3. The van der Waals surface area contributed by atoms with Crippen molar-refractivity contribution in [2.45, 2.75) is 39.3 Å². The summed E-state index contributed by atoms with van der Waals surface area (Å²) in [6.07, 6.45) is 3.70. The highest BCUT2D eigenvalue weighted by atomic mass is 16.5. The summed E-state index contributed by atoms with van der Waals surface area (Å²) < 4.78 is 5.48. The molecule has 0 saturated carbocycles. The van der Waals surface area contributed by atoms with E-state index in [1.807, 2.05) is 24.9 Å². The number of fused-ring (bicyclic) bond motifs is 1. The number of aromatic carboxylic acids is 1. The zero-order valence-corrected chi connectivity index (χ0v) is 13.9. The van der Waals surface area contributed by atoms with Crippen molar-refractivity contribution in [3.05, 3.63) is 22.9 Å². The van der Waals surface area contributed by atoms with Gasteiger partial charge in [0.1, 0.15) is 11.4 Å². The molecule has 2 aliphatic heterocycles. The average molecular weight is 319 g/mol. The molecule has 0 aromatic carbocycles. The van der Waals surface area contributed by atoms with Crippen LogP contribution in [0.3, 0.4) is 0 Å². The molecule has 3 rings (SSSR count). The Morgan fingerprint density at radius 2 is 2.26 bits per heavy atom. The van der Waals surface area contributed by atoms with Gasteiger partial charge in [0, 0.05) is 45.0 Å². The number of hydrogen-bond donors (Lipinski definition) is 1. The molecule has 1 aromatic heterocycles. The number of hydrogen-bond acceptors (Lipinski definition) is 5. The zero-order chi connectivity index (χ0) is 16.4. The first kappa shape index (κ1) is 16.2. The van der Waals surface area contributed by atoms with Gasteiger partial charge in [-0.05, 0) is 37.8 Å². The molecule has 1 unspecified atom stereocenters. The summed E-state index contributed by atoms with van der Waals surface area (Å²) in [6, 6.07) is 0.457. The van der Waals surface area contributed by atoms with Gasteiger partial charge in [-0.3, -0.25) is 4.90 Å². The maximum Gasteiger partial charge on any atom is 0.339 e. The van der Waals surface area contributed by atoms with Crippen LogP contribution in [-0.2, 0) is 17.7 Å². The first-order chi connectivity index (χ1) is 11.2. The highest BCUT2D eigenvalue weighted by Crippen LogP contribution is 2.30. The van der Waals surface area contributed by atoms with Gasteiger partial charge in [-0.25, -0.2) is 9.78 Å². The number of aromatic nitrogens is 1. The molecule has 1 atom stereocenters. The number of carboxylic acid groups (broad SMARTS) is 1. The summed E-state index contributed by atoms with van der Waals surface area (Å²) in [6.45, 7) is 8.84. The lowest BCUT2D eigenvalue weighted by Crippen LogP contribution is -2.40. The van der Waals surface area contributed by atoms with Crippen molar-refractivity contribution in [3.63, 3.8) is 0 Å². The predicted molar refractivity (Wildman–Crippen MR) is 88.1 cm³/mol. The fourth-order valence-electron chi connectivity index (χ4n) is 3.66. The SMILES string of the molecule is CCN(CC)c1ncc2c(c1C(=O)O)CCN(C1CCOC1)C2. The lowest BCUT2D eigenvalue weighted by Gasteiger charge is -2.34. The highest BCUT2D eigenvalue weighted by Gasteiger charge is 2.30. The minimum atomic E-state index is -0.867. The van der Waals surface area contributed by atoms with Crippen molar-refractivity contribution in [1.29, 1.82) is 0 Å². The van der Waals surface area contributed by atoms with Crippen LogP contribution in [-0.4, -0.2) is 59.8 Å². The summed E-state index contributed by atoms with van der Waals surface area (Å²) >= 11 is 0. The van der Waals surface area contributed by atoms with E-state index in [4.69, 9.17) is 4.74 Å². The molecule has 1 saturated heterocycles. The van der Waals surface area contributed by atoms with Gasteiger partial charge in [0.2, 0.25) is 0 Å². The number of nitrogens with zero attached hydrogens (tertiary/aromatic N) is 3. The van der Waals surface area contributed by atoms with Crippen LogP contribution in [0.15, 0.2) is 6.20 Å². The zero-order valence-electron chi connectivity index (χ0n) is 13.9. The van der Waals surface area contributed by atoms with E-state index in [9.17, 15) is 9.90 Å². The minimum Gasteiger partial charge on any atom is -0.478 e. The molecule has 0 aliphatic carbocycles. The van der Waals surface area contributed by atoms with E-state index in [1.165, 1.54) is 0 Å². The van der Waals surface area contributed by atoms with Crippen LogP contribution in [0, 0.1) is 0 Å². The Bertz CT molecular complexity index is 581. The van der Waals surface area contributed by atoms with Gasteiger partial charge in [-0.1, -0.05) is 0 Å². The third-order valence-electron chi connectivity index (χ3n) is 4.98. The van der Waals surface area contributed by atoms with Crippen molar-refractivity contribution < 1.29 is 14.6 Å². The van der Waals surface area contributed by atoms with E-state index in [1.54, 1.807) is 0 Å². The van der Waals surface area contributed by atoms with Crippen LogP contribution in [0.5, 0.6) is 0 Å². The molecule has 2 aliphatic rings. The number of anilines is 1. The molecule has 3 heterocycles. The largest absolute Gasteiger partial charge is 0.478 e. The monoisotopic (exact) mass is 319 g/mol. The van der Waals surface area contributed by atoms with Gasteiger partial charge >= 0.3 is 5.97 Å². The molecule has 6 heteroatoms. The Morgan fingerprint density at radius 1 is 1.48 bits per heavy atom. The number of carboxylic acids is 1. The maximum absolute atomic E-state index is 11.9. The molecule has 0 amide bonds. The Balaban J connectivity index is 1.93. The Morgan fingerprint density at radius 3 is 2.87 bits per heavy atom. The summed E-state index contributed by atoms with van der Waals surface area (Å²) in [5, 5.41) is 9.74. The first-order valence-electron chi connectivity index (χ1n) is 8.46. The molecule has 1 N–H and O–H groups in total. The van der Waals surface area contributed by atoms with Gasteiger partial charge in [0.25, 0.3) is 0 Å². The second kappa shape index (κ2) is 6.84. The average Bonchev–Trinajstić information content (AvgIpc) is 3.09. The van der Waals surface area contributed by atoms with Gasteiger partial charge in [0.15, 0.2) is 0 Å². The van der Waals surface area contributed by atoms with E-state index in [0.29, 0.717) is 17.4 Å². The second-order valence-corrected chi connectivity index (χ2v) is 6.18. The number of rotatable bonds is 5. The molecule has 23 heavy (non-hydrogen) atoms. The highest BCUT2D eigenvalue weighted by molar-refractivity contribution is 5.95. The molecule has 0 bridgehead atoms. The molecule has 0 spiro atoms. The van der Waals surface area contributed by atoms with E-state index >= 15 is 0 Å². The maximum atomic E-state index is 11.9. The van der Waals surface area contributed by atoms with Gasteiger partial charge in [-0.2, -0.15) is 0 Å². The van der Waals surface area contributed by atoms with Crippen LogP contribution in [0.1, 0.15) is 41.8 Å². The first-order valence-corrected chi connectivity index (χ1v) is 8.46. The Kier molecular flexibility index (Phi) is 4.82. The third kappa shape index (κ3) is 3.05. The van der Waals surface area contributed by atoms with Gasteiger partial charge < -0.3 is 14.7 Å². The third-order valence-corrected chi connectivity index (χ3v) is 4.98. The molecular weight excluding hydrogens is 294 g/mol. The Hall–Kier alpha value is -1.66. The number of ether oxygens (including phenoxy) is 1. The van der Waals surface area contributed by atoms with Gasteiger partial charge in [0.05, 0.1) is 6.61 Å². The summed E-state index contributed by atoms with van der Waals surface area (Å²) in [5.41, 5.74) is 2.41. The summed E-state index contributed by atoms with van der Waals surface area (Å²) in [4.78, 5) is 20.8. The fraction of sp³-hybridized carbons (Fsp3) is 0.647. The molecule has 1 fully saturated rings. The molecule has 0 radical (unpaired) electrons. The number of carbonyl (C=O) groups is 1. The Labute approximate surface area is 137 Å². The van der Waals surface area contributed by atoms with E-state index < -0.39 is 5.97 Å². The van der Waals surface area contributed by atoms with Crippen LogP contribution < -0.4 is 4.90 Å². The predicted octanol–water partition coefficient (Wildman–Crippen LogP) is 1.77. The van der Waals surface area contributed by atoms with Crippen LogP contribution in [0.2, 0.25) is 0 Å². The van der Waals surface area contributed by atoms with Crippen LogP contribution in [0.25, 0.3) is 0 Å². The summed E-state index contributed by atoms with van der Waals surface area (Å²) in [5.74, 6) is -0.257. The van der Waals surface area contributed by atoms with Crippen LogP contribution >= 0.6 is 0 Å². The van der Waals surface area contributed by atoms with E-state index in [0.717, 1.165) is 63.4 Å². The smallest absolute Gasteiger partial charge is 0.339 e. The van der Waals surface area contributed by atoms with E-state index in [2.05, 4.69) is 9.88 Å². The quantitative estimate of drug-likeness (QED) is 0.892. The standard InChI is InChI=1S/C17H25N3O3/c1-3-19(4-2)16-15(17(21)22)14-5-7-20(10-12(14)9-18-16)13-6-8-23-11-13/h9,13H,3-8,10-11H2,1-2H3,(H,21,22). The molecule has 6 nitrogen and oxygen atoms in total. The van der Waals surface area contributed by atoms with Crippen molar-refractivity contribution >= 4 is 11.8 Å². The summed E-state index contributed by atoms with van der Waals surface area (Å²) in [7, 11) is 0. The normalized spacial score (nSPS) is 21.2. The van der Waals surface area contributed by atoms with Crippen molar-refractivity contribution in [1.82, 2.24) is 9.88 Å². The molecule has 1 aromatic rings. The van der Waals surface area contributed by atoms with Crippen molar-refractivity contribution in [2.75, 3.05) is 37.7 Å². The van der Waals surface area contributed by atoms with Crippen molar-refractivity contribution in [3.8, 4) is 0 Å². The van der Waals surface area contributed by atoms with Crippen LogP contribution in [0.4, 0.5) is 5.82 Å². The van der Waals surface area contributed by atoms with E-state index in [-0.39, 0.29) is 0 Å².